The summed E-state index contributed by atoms with van der Waals surface area (Å²) in [5, 5.41) is 23.9. The zero-order valence-electron chi connectivity index (χ0n) is 20.1. The van der Waals surface area contributed by atoms with Gasteiger partial charge in [-0.15, -0.1) is 0 Å². The summed E-state index contributed by atoms with van der Waals surface area (Å²) in [7, 11) is 0. The number of carboxylic acids is 1. The molecule has 1 fully saturated rings. The van der Waals surface area contributed by atoms with E-state index < -0.39 is 5.97 Å². The number of fused-ring (bicyclic) bond motifs is 3. The molecule has 3 N–H and O–H groups in total. The van der Waals surface area contributed by atoms with E-state index in [1.807, 2.05) is 25.5 Å². The Bertz CT molecular complexity index is 1620. The Labute approximate surface area is 201 Å². The molecule has 0 amide bonds. The molecule has 178 valence electrons. The van der Waals surface area contributed by atoms with Gasteiger partial charge in [0.1, 0.15) is 17.2 Å². The first-order chi connectivity index (χ1) is 16.8. The van der Waals surface area contributed by atoms with Crippen LogP contribution < -0.4 is 5.32 Å². The van der Waals surface area contributed by atoms with Gasteiger partial charge in [0.15, 0.2) is 5.69 Å². The molecule has 4 aromatic heterocycles. The van der Waals surface area contributed by atoms with Crippen LogP contribution in [0.25, 0.3) is 33.1 Å². The Morgan fingerprint density at radius 1 is 1.23 bits per heavy atom. The number of hydrogen-bond donors (Lipinski definition) is 3. The maximum Gasteiger partial charge on any atom is 0.354 e. The topological polar surface area (TPSA) is 122 Å². The Hall–Kier alpha value is -4.14. The molecule has 9 heteroatoms. The number of aryl methyl sites for hydroxylation is 4. The van der Waals surface area contributed by atoms with E-state index in [0.29, 0.717) is 23.8 Å². The molecule has 6 rings (SSSR count). The highest BCUT2D eigenvalue weighted by molar-refractivity contribution is 6.14. The fourth-order valence-corrected chi connectivity index (χ4v) is 4.89. The molecule has 1 aromatic carbocycles. The van der Waals surface area contributed by atoms with Crippen molar-refractivity contribution in [3.05, 3.63) is 52.7 Å². The number of anilines is 2. The number of aromatic carboxylic acids is 1. The number of aromatic nitrogens is 5. The molecule has 9 nitrogen and oxygen atoms in total. The zero-order valence-corrected chi connectivity index (χ0v) is 20.1. The summed E-state index contributed by atoms with van der Waals surface area (Å²) >= 11 is 0. The lowest BCUT2D eigenvalue weighted by atomic mass is 9.97. The first kappa shape index (κ1) is 21.4. The standard InChI is InChI=1S/C26H26N6O3/c1-5-32-22(11-18(30-32)15-6-7-15)27-20-10-21(26(33)34)29-25-24(20)17-8-12(2)16(9-19(17)28-25)23-13(3)31-35-14(23)4/h8-11,15H,5-7H2,1-4H3,(H,33,34)(H2,27,28,29). The maximum atomic E-state index is 11.9. The molecule has 0 atom stereocenters. The van der Waals surface area contributed by atoms with E-state index in [4.69, 9.17) is 9.62 Å². The molecule has 0 aliphatic heterocycles. The molecule has 35 heavy (non-hydrogen) atoms. The summed E-state index contributed by atoms with van der Waals surface area (Å²) < 4.78 is 7.32. The van der Waals surface area contributed by atoms with Gasteiger partial charge in [0.2, 0.25) is 0 Å². The lowest BCUT2D eigenvalue weighted by molar-refractivity contribution is 0.0691. The maximum absolute atomic E-state index is 11.9. The predicted molar refractivity (Wildman–Crippen MR) is 133 cm³/mol. The highest BCUT2D eigenvalue weighted by atomic mass is 16.5. The van der Waals surface area contributed by atoms with E-state index in [1.165, 1.54) is 0 Å². The summed E-state index contributed by atoms with van der Waals surface area (Å²) in [6.45, 7) is 8.64. The van der Waals surface area contributed by atoms with Crippen LogP contribution in [0, 0.1) is 20.8 Å². The van der Waals surface area contributed by atoms with Crippen molar-refractivity contribution in [3.8, 4) is 11.1 Å². The number of carbonyl (C=O) groups is 1. The van der Waals surface area contributed by atoms with Gasteiger partial charge in [-0.05, 0) is 69.9 Å². The fraction of sp³-hybridized carbons (Fsp3) is 0.308. The summed E-state index contributed by atoms with van der Waals surface area (Å²) in [6, 6.07) is 7.84. The second kappa shape index (κ2) is 7.69. The van der Waals surface area contributed by atoms with Gasteiger partial charge in [0.25, 0.3) is 0 Å². The highest BCUT2D eigenvalue weighted by Crippen LogP contribution is 2.41. The van der Waals surface area contributed by atoms with E-state index in [1.54, 1.807) is 6.07 Å². The predicted octanol–water partition coefficient (Wildman–Crippen LogP) is 5.83. The quantitative estimate of drug-likeness (QED) is 0.285. The largest absolute Gasteiger partial charge is 0.477 e. The molecule has 4 heterocycles. The molecular weight excluding hydrogens is 444 g/mol. The van der Waals surface area contributed by atoms with Crippen LogP contribution in [0.15, 0.2) is 28.8 Å². The molecule has 1 aliphatic carbocycles. The van der Waals surface area contributed by atoms with Gasteiger partial charge in [-0.25, -0.2) is 14.5 Å². The summed E-state index contributed by atoms with van der Waals surface area (Å²) in [4.78, 5) is 19.6. The van der Waals surface area contributed by atoms with E-state index in [2.05, 4.69) is 45.6 Å². The van der Waals surface area contributed by atoms with E-state index in [0.717, 1.165) is 68.8 Å². The molecule has 0 spiro atoms. The van der Waals surface area contributed by atoms with E-state index in [9.17, 15) is 9.90 Å². The number of nitrogens with one attached hydrogen (secondary N) is 2. The van der Waals surface area contributed by atoms with Crippen LogP contribution in [0.3, 0.4) is 0 Å². The van der Waals surface area contributed by atoms with Crippen LogP contribution in [0.4, 0.5) is 11.5 Å². The van der Waals surface area contributed by atoms with Crippen molar-refractivity contribution in [2.45, 2.75) is 53.0 Å². The van der Waals surface area contributed by atoms with Crippen LogP contribution in [0.2, 0.25) is 0 Å². The summed E-state index contributed by atoms with van der Waals surface area (Å²) in [5.41, 5.74) is 7.00. The highest BCUT2D eigenvalue weighted by Gasteiger charge is 2.27. The van der Waals surface area contributed by atoms with Gasteiger partial charge in [-0.1, -0.05) is 5.16 Å². The number of aromatic amines is 1. The van der Waals surface area contributed by atoms with Gasteiger partial charge in [-0.2, -0.15) is 5.10 Å². The van der Waals surface area contributed by atoms with Crippen molar-refractivity contribution < 1.29 is 14.4 Å². The van der Waals surface area contributed by atoms with Gasteiger partial charge in [0, 0.05) is 35.0 Å². The minimum absolute atomic E-state index is 0.0285. The number of rotatable bonds is 6. The second-order valence-electron chi connectivity index (χ2n) is 9.29. The SMILES string of the molecule is CCn1nc(C2CC2)cc1Nc1cc(C(=O)O)nc2[nH]c3cc(-c4c(C)noc4C)c(C)cc3c12. The van der Waals surface area contributed by atoms with Crippen LogP contribution in [0.5, 0.6) is 0 Å². The molecule has 1 saturated carbocycles. The number of benzene rings is 1. The molecule has 1 aliphatic rings. The smallest absolute Gasteiger partial charge is 0.354 e. The minimum atomic E-state index is -1.08. The number of nitrogens with zero attached hydrogens (tertiary/aromatic N) is 4. The van der Waals surface area contributed by atoms with Crippen molar-refractivity contribution in [1.82, 2.24) is 24.9 Å². The third kappa shape index (κ3) is 3.46. The number of carboxylic acid groups (broad SMARTS) is 1. The zero-order chi connectivity index (χ0) is 24.4. The van der Waals surface area contributed by atoms with Crippen LogP contribution in [0.1, 0.15) is 58.9 Å². The third-order valence-electron chi connectivity index (χ3n) is 6.78. The lowest BCUT2D eigenvalue weighted by Gasteiger charge is -2.11. The van der Waals surface area contributed by atoms with E-state index >= 15 is 0 Å². The van der Waals surface area contributed by atoms with Crippen molar-refractivity contribution in [3.63, 3.8) is 0 Å². The van der Waals surface area contributed by atoms with Crippen LogP contribution in [-0.2, 0) is 6.54 Å². The number of pyridine rings is 1. The monoisotopic (exact) mass is 470 g/mol. The molecule has 0 bridgehead atoms. The van der Waals surface area contributed by atoms with Crippen LogP contribution in [-0.4, -0.2) is 36.0 Å². The van der Waals surface area contributed by atoms with Crippen LogP contribution >= 0.6 is 0 Å². The molecule has 0 saturated heterocycles. The molecule has 5 aromatic rings. The molecule has 0 unspecified atom stereocenters. The van der Waals surface area contributed by atoms with Crippen molar-refractivity contribution in [2.24, 2.45) is 0 Å². The van der Waals surface area contributed by atoms with Crippen molar-refractivity contribution >= 4 is 39.4 Å². The van der Waals surface area contributed by atoms with Gasteiger partial charge < -0.3 is 19.9 Å². The summed E-state index contributed by atoms with van der Waals surface area (Å²) in [5.74, 6) is 1.04. The van der Waals surface area contributed by atoms with Gasteiger partial charge in [-0.3, -0.25) is 0 Å². The average Bonchev–Trinajstić information content (AvgIpc) is 3.38. The minimum Gasteiger partial charge on any atom is -0.477 e. The van der Waals surface area contributed by atoms with Gasteiger partial charge >= 0.3 is 5.97 Å². The van der Waals surface area contributed by atoms with Gasteiger partial charge in [0.05, 0.1) is 22.5 Å². The van der Waals surface area contributed by atoms with Crippen molar-refractivity contribution in [1.29, 1.82) is 0 Å². The van der Waals surface area contributed by atoms with E-state index in [-0.39, 0.29) is 5.69 Å². The fourth-order valence-electron chi connectivity index (χ4n) is 4.89. The summed E-state index contributed by atoms with van der Waals surface area (Å²) in [6.07, 6.45) is 2.33. The first-order valence-electron chi connectivity index (χ1n) is 11.8. The molecular formula is C26H26N6O3. The average molecular weight is 471 g/mol. The Morgan fingerprint density at radius 2 is 2.03 bits per heavy atom. The van der Waals surface area contributed by atoms with Crippen molar-refractivity contribution in [2.75, 3.05) is 5.32 Å². The first-order valence-corrected chi connectivity index (χ1v) is 11.8. The number of H-pyrrole nitrogens is 1. The third-order valence-corrected chi connectivity index (χ3v) is 6.78. The Kier molecular flexibility index (Phi) is 4.70. The Balaban J connectivity index is 1.56. The Morgan fingerprint density at radius 3 is 2.69 bits per heavy atom. The second-order valence-corrected chi connectivity index (χ2v) is 9.29. The lowest BCUT2D eigenvalue weighted by Crippen LogP contribution is -2.06. The normalized spacial score (nSPS) is 13.7. The molecule has 0 radical (unpaired) electrons. The number of hydrogen-bond acceptors (Lipinski definition) is 6.